The van der Waals surface area contributed by atoms with Crippen LogP contribution in [0.3, 0.4) is 0 Å². The maximum Gasteiger partial charge on any atom is 0.283 e. The molecule has 2 aromatic carbocycles. The smallest absolute Gasteiger partial charge is 0.283 e. The Bertz CT molecular complexity index is 1390. The van der Waals surface area contributed by atoms with E-state index in [-0.39, 0.29) is 11.1 Å². The van der Waals surface area contributed by atoms with E-state index in [4.69, 9.17) is 4.74 Å². The number of nitrogens with zero attached hydrogens (tertiary/aromatic N) is 6. The number of benzene rings is 2. The maximum absolute atomic E-state index is 13.0. The van der Waals surface area contributed by atoms with Crippen molar-refractivity contribution >= 4 is 16.8 Å². The Labute approximate surface area is 165 Å². The van der Waals surface area contributed by atoms with Gasteiger partial charge in [-0.3, -0.25) is 9.36 Å². The highest BCUT2D eigenvalue weighted by atomic mass is 16.5. The fraction of sp³-hybridized carbons (Fsp3) is 0.0952. The molecular formula is C21H16N6O2. The molecule has 0 aliphatic heterocycles. The monoisotopic (exact) mass is 384 g/mol. The first kappa shape index (κ1) is 17.1. The number of hydrogen-bond acceptors (Lipinski definition) is 6. The molecule has 0 saturated heterocycles. The Morgan fingerprint density at radius 3 is 2.59 bits per heavy atom. The molecule has 0 amide bonds. The molecular weight excluding hydrogens is 368 g/mol. The third-order valence-corrected chi connectivity index (χ3v) is 4.80. The first-order chi connectivity index (χ1) is 14.3. The summed E-state index contributed by atoms with van der Waals surface area (Å²) in [6, 6.07) is 17.3. The van der Waals surface area contributed by atoms with Gasteiger partial charge in [-0.2, -0.15) is 9.61 Å². The summed E-state index contributed by atoms with van der Waals surface area (Å²) in [7, 11) is 1.60. The lowest BCUT2D eigenvalue weighted by Gasteiger charge is -2.10. The van der Waals surface area contributed by atoms with Gasteiger partial charge in [0.25, 0.3) is 5.56 Å². The molecule has 0 radical (unpaired) electrons. The predicted octanol–water partition coefficient (Wildman–Crippen LogP) is 2.56. The van der Waals surface area contributed by atoms with Gasteiger partial charge in [0.2, 0.25) is 0 Å². The van der Waals surface area contributed by atoms with Crippen molar-refractivity contribution in [1.29, 1.82) is 0 Å². The van der Waals surface area contributed by atoms with Crippen LogP contribution in [0.4, 0.5) is 0 Å². The molecule has 0 aliphatic rings. The Balaban J connectivity index is 1.63. The zero-order valence-electron chi connectivity index (χ0n) is 15.6. The molecule has 0 N–H and O–H groups in total. The number of fused-ring (bicyclic) bond motifs is 3. The van der Waals surface area contributed by atoms with E-state index in [9.17, 15) is 4.79 Å². The molecule has 3 aromatic heterocycles. The van der Waals surface area contributed by atoms with E-state index in [0.717, 1.165) is 16.7 Å². The highest BCUT2D eigenvalue weighted by Crippen LogP contribution is 2.23. The van der Waals surface area contributed by atoms with Crippen molar-refractivity contribution in [3.63, 3.8) is 0 Å². The number of hydrogen-bond donors (Lipinski definition) is 0. The lowest BCUT2D eigenvalue weighted by atomic mass is 10.1. The van der Waals surface area contributed by atoms with Crippen molar-refractivity contribution in [2.75, 3.05) is 7.11 Å². The van der Waals surface area contributed by atoms with Crippen molar-refractivity contribution in [3.8, 4) is 16.9 Å². The second-order valence-corrected chi connectivity index (χ2v) is 6.52. The SMILES string of the molecule is COc1ccccc1Cn1cnc2c(nnc3c(-c4ccccc4)cnn32)c1=O. The van der Waals surface area contributed by atoms with Crippen molar-refractivity contribution in [2.45, 2.75) is 6.54 Å². The van der Waals surface area contributed by atoms with Crippen LogP contribution in [-0.2, 0) is 6.54 Å². The van der Waals surface area contributed by atoms with Gasteiger partial charge >= 0.3 is 0 Å². The number of ether oxygens (including phenoxy) is 1. The van der Waals surface area contributed by atoms with Gasteiger partial charge in [-0.1, -0.05) is 48.5 Å². The topological polar surface area (TPSA) is 87.2 Å². The van der Waals surface area contributed by atoms with Crippen LogP contribution >= 0.6 is 0 Å². The van der Waals surface area contributed by atoms with Crippen molar-refractivity contribution in [1.82, 2.24) is 29.4 Å². The average molecular weight is 384 g/mol. The molecule has 29 heavy (non-hydrogen) atoms. The third kappa shape index (κ3) is 2.82. The van der Waals surface area contributed by atoms with Crippen LogP contribution in [0.2, 0.25) is 0 Å². The van der Waals surface area contributed by atoms with Crippen molar-refractivity contribution in [3.05, 3.63) is 83.0 Å². The zero-order valence-corrected chi connectivity index (χ0v) is 15.6. The second-order valence-electron chi connectivity index (χ2n) is 6.52. The van der Waals surface area contributed by atoms with Crippen molar-refractivity contribution in [2.24, 2.45) is 0 Å². The Kier molecular flexibility index (Phi) is 4.02. The summed E-state index contributed by atoms with van der Waals surface area (Å²) in [6.07, 6.45) is 3.21. The van der Waals surface area contributed by atoms with Crippen LogP contribution in [0.5, 0.6) is 5.75 Å². The molecule has 3 heterocycles. The summed E-state index contributed by atoms with van der Waals surface area (Å²) in [6.45, 7) is 0.319. The quantitative estimate of drug-likeness (QED) is 0.473. The van der Waals surface area contributed by atoms with Gasteiger partial charge in [0, 0.05) is 11.1 Å². The Morgan fingerprint density at radius 1 is 0.966 bits per heavy atom. The normalized spacial score (nSPS) is 11.2. The molecule has 5 rings (SSSR count). The molecule has 0 aliphatic carbocycles. The second kappa shape index (κ2) is 6.83. The van der Waals surface area contributed by atoms with Gasteiger partial charge in [0.15, 0.2) is 16.8 Å². The van der Waals surface area contributed by atoms with E-state index in [0.29, 0.717) is 23.6 Å². The number of methoxy groups -OCH3 is 1. The van der Waals surface area contributed by atoms with Gasteiger partial charge in [0.1, 0.15) is 12.1 Å². The summed E-state index contributed by atoms with van der Waals surface area (Å²) in [5, 5.41) is 12.8. The Morgan fingerprint density at radius 2 is 1.76 bits per heavy atom. The van der Waals surface area contributed by atoms with E-state index in [1.54, 1.807) is 17.8 Å². The number of para-hydroxylation sites is 1. The molecule has 0 bridgehead atoms. The van der Waals surface area contributed by atoms with Crippen LogP contribution in [0, 0.1) is 0 Å². The van der Waals surface area contributed by atoms with Crippen LogP contribution < -0.4 is 10.3 Å². The third-order valence-electron chi connectivity index (χ3n) is 4.80. The standard InChI is InChI=1S/C21H16N6O2/c1-29-17-10-6-5-9-15(17)12-26-13-22-20-18(21(26)28)24-25-19-16(11-23-27(19)20)14-7-3-2-4-8-14/h2-11,13H,12H2,1H3. The average Bonchev–Trinajstić information content (AvgIpc) is 3.21. The van der Waals surface area contributed by atoms with Crippen LogP contribution in [0.15, 0.2) is 71.9 Å². The summed E-state index contributed by atoms with van der Waals surface area (Å²) in [4.78, 5) is 17.4. The maximum atomic E-state index is 13.0. The molecule has 0 spiro atoms. The molecule has 8 nitrogen and oxygen atoms in total. The first-order valence-corrected chi connectivity index (χ1v) is 9.03. The van der Waals surface area contributed by atoms with Crippen LogP contribution in [-0.4, -0.2) is 36.5 Å². The first-order valence-electron chi connectivity index (χ1n) is 9.03. The molecule has 8 heteroatoms. The van der Waals surface area contributed by atoms with Gasteiger partial charge in [-0.25, -0.2) is 4.98 Å². The van der Waals surface area contributed by atoms with E-state index < -0.39 is 0 Å². The van der Waals surface area contributed by atoms with Crippen LogP contribution in [0.1, 0.15) is 5.56 Å². The van der Waals surface area contributed by atoms with E-state index >= 15 is 0 Å². The minimum absolute atomic E-state index is 0.164. The summed E-state index contributed by atoms with van der Waals surface area (Å²) in [5.74, 6) is 0.709. The predicted molar refractivity (Wildman–Crippen MR) is 108 cm³/mol. The van der Waals surface area contributed by atoms with Gasteiger partial charge in [-0.05, 0) is 11.6 Å². The van der Waals surface area contributed by atoms with E-state index in [1.165, 1.54) is 10.9 Å². The molecule has 0 atom stereocenters. The van der Waals surface area contributed by atoms with E-state index in [2.05, 4.69) is 20.3 Å². The summed E-state index contributed by atoms with van der Waals surface area (Å²) < 4.78 is 8.41. The molecule has 5 aromatic rings. The zero-order chi connectivity index (χ0) is 19.8. The molecule has 0 fully saturated rings. The summed E-state index contributed by atoms with van der Waals surface area (Å²) in [5.41, 5.74) is 3.49. The fourth-order valence-electron chi connectivity index (χ4n) is 3.35. The lowest BCUT2D eigenvalue weighted by Crippen LogP contribution is -2.23. The van der Waals surface area contributed by atoms with Gasteiger partial charge in [0.05, 0.1) is 19.9 Å². The molecule has 142 valence electrons. The minimum atomic E-state index is -0.285. The summed E-state index contributed by atoms with van der Waals surface area (Å²) >= 11 is 0. The number of rotatable bonds is 4. The van der Waals surface area contributed by atoms with Gasteiger partial charge < -0.3 is 4.74 Å². The molecule has 0 unspecified atom stereocenters. The van der Waals surface area contributed by atoms with Crippen LogP contribution in [0.25, 0.3) is 27.9 Å². The largest absolute Gasteiger partial charge is 0.496 e. The van der Waals surface area contributed by atoms with E-state index in [1.807, 2.05) is 54.6 Å². The fourth-order valence-corrected chi connectivity index (χ4v) is 3.35. The highest BCUT2D eigenvalue weighted by molar-refractivity contribution is 5.80. The number of aromatic nitrogens is 6. The van der Waals surface area contributed by atoms with Gasteiger partial charge in [-0.15, -0.1) is 10.2 Å². The highest BCUT2D eigenvalue weighted by Gasteiger charge is 2.15. The minimum Gasteiger partial charge on any atom is -0.496 e. The molecule has 0 saturated carbocycles. The Hall–Kier alpha value is -4.07. The lowest BCUT2D eigenvalue weighted by molar-refractivity contribution is 0.408. The van der Waals surface area contributed by atoms with Crippen molar-refractivity contribution < 1.29 is 4.74 Å².